The Balaban J connectivity index is 2.24. The second-order valence-corrected chi connectivity index (χ2v) is 4.57. The van der Waals surface area contributed by atoms with Gasteiger partial charge in [0.25, 0.3) is 0 Å². The third kappa shape index (κ3) is 1.87. The summed E-state index contributed by atoms with van der Waals surface area (Å²) in [7, 11) is 7.58. The van der Waals surface area contributed by atoms with Crippen LogP contribution in [0, 0.1) is 0 Å². The van der Waals surface area contributed by atoms with E-state index in [0.29, 0.717) is 5.92 Å². The Morgan fingerprint density at radius 1 is 1.19 bits per heavy atom. The molecule has 1 aliphatic carbocycles. The van der Waals surface area contributed by atoms with Crippen LogP contribution < -0.4 is 9.47 Å². The van der Waals surface area contributed by atoms with Crippen LogP contribution in [-0.4, -0.2) is 39.8 Å². The van der Waals surface area contributed by atoms with Crippen LogP contribution in [0.1, 0.15) is 17.0 Å². The first kappa shape index (κ1) is 11.3. The van der Waals surface area contributed by atoms with Crippen LogP contribution in [0.5, 0.6) is 11.5 Å². The van der Waals surface area contributed by atoms with Crippen molar-refractivity contribution in [3.63, 3.8) is 0 Å². The van der Waals surface area contributed by atoms with Crippen molar-refractivity contribution in [1.29, 1.82) is 0 Å². The summed E-state index contributed by atoms with van der Waals surface area (Å²) in [4.78, 5) is 2.23. The van der Waals surface area contributed by atoms with E-state index in [4.69, 9.17) is 9.47 Å². The number of nitrogens with zero attached hydrogens (tertiary/aromatic N) is 1. The zero-order valence-electron chi connectivity index (χ0n) is 10.4. The molecule has 1 atom stereocenters. The van der Waals surface area contributed by atoms with E-state index < -0.39 is 0 Å². The van der Waals surface area contributed by atoms with Crippen molar-refractivity contribution in [2.24, 2.45) is 0 Å². The standard InChI is InChI=1S/C13H19NO2/c1-14(2)8-10-5-9-6-12(15-3)13(16-4)7-11(9)10/h6-7,10H,5,8H2,1-4H3. The molecule has 0 spiro atoms. The molecule has 2 rings (SSSR count). The van der Waals surface area contributed by atoms with Crippen molar-refractivity contribution >= 4 is 0 Å². The minimum absolute atomic E-state index is 0.643. The predicted molar refractivity (Wildman–Crippen MR) is 64.5 cm³/mol. The quantitative estimate of drug-likeness (QED) is 0.775. The molecular formula is C13H19NO2. The number of hydrogen-bond acceptors (Lipinski definition) is 3. The molecule has 0 saturated heterocycles. The molecule has 3 heteroatoms. The summed E-state index contributed by atoms with van der Waals surface area (Å²) in [6.45, 7) is 1.10. The Kier molecular flexibility index (Phi) is 3.06. The minimum atomic E-state index is 0.643. The number of methoxy groups -OCH3 is 2. The fourth-order valence-electron chi connectivity index (χ4n) is 2.34. The first-order chi connectivity index (χ1) is 7.65. The summed E-state index contributed by atoms with van der Waals surface area (Å²) >= 11 is 0. The number of benzene rings is 1. The molecule has 0 radical (unpaired) electrons. The van der Waals surface area contributed by atoms with Gasteiger partial charge in [-0.1, -0.05) is 0 Å². The van der Waals surface area contributed by atoms with E-state index in [0.717, 1.165) is 24.5 Å². The number of fused-ring (bicyclic) bond motifs is 1. The maximum atomic E-state index is 5.32. The van der Waals surface area contributed by atoms with Gasteiger partial charge in [0.2, 0.25) is 0 Å². The highest BCUT2D eigenvalue weighted by Crippen LogP contribution is 2.42. The lowest BCUT2D eigenvalue weighted by atomic mass is 9.77. The molecule has 0 heterocycles. The molecule has 0 amide bonds. The molecular weight excluding hydrogens is 202 g/mol. The molecule has 0 N–H and O–H groups in total. The molecule has 88 valence electrons. The van der Waals surface area contributed by atoms with Crippen LogP contribution in [0.4, 0.5) is 0 Å². The van der Waals surface area contributed by atoms with E-state index in [1.807, 2.05) is 0 Å². The summed E-state index contributed by atoms with van der Waals surface area (Å²) in [5.41, 5.74) is 2.80. The molecule has 1 aliphatic rings. The highest BCUT2D eigenvalue weighted by Gasteiger charge is 2.28. The van der Waals surface area contributed by atoms with Gasteiger partial charge in [0.1, 0.15) is 0 Å². The first-order valence-corrected chi connectivity index (χ1v) is 5.55. The summed E-state index contributed by atoms with van der Waals surface area (Å²) in [5.74, 6) is 2.32. The van der Waals surface area contributed by atoms with Gasteiger partial charge in [-0.3, -0.25) is 0 Å². The SMILES string of the molecule is COc1cc2c(cc1OC)C(CN(C)C)C2. The van der Waals surface area contributed by atoms with Gasteiger partial charge in [0.05, 0.1) is 14.2 Å². The van der Waals surface area contributed by atoms with Gasteiger partial charge in [0.15, 0.2) is 11.5 Å². The van der Waals surface area contributed by atoms with Gasteiger partial charge in [-0.15, -0.1) is 0 Å². The van der Waals surface area contributed by atoms with Gasteiger partial charge in [-0.05, 0) is 43.8 Å². The number of ether oxygens (including phenoxy) is 2. The lowest BCUT2D eigenvalue weighted by molar-refractivity contribution is 0.339. The van der Waals surface area contributed by atoms with Crippen molar-refractivity contribution in [3.8, 4) is 11.5 Å². The third-order valence-electron chi connectivity index (χ3n) is 3.14. The molecule has 0 fully saturated rings. The smallest absolute Gasteiger partial charge is 0.161 e. The Labute approximate surface area is 97.0 Å². The molecule has 0 bridgehead atoms. The second-order valence-electron chi connectivity index (χ2n) is 4.57. The lowest BCUT2D eigenvalue weighted by Crippen LogP contribution is -2.28. The van der Waals surface area contributed by atoms with Gasteiger partial charge < -0.3 is 14.4 Å². The molecule has 1 aromatic rings. The van der Waals surface area contributed by atoms with E-state index in [9.17, 15) is 0 Å². The number of hydrogen-bond donors (Lipinski definition) is 0. The first-order valence-electron chi connectivity index (χ1n) is 5.55. The van der Waals surface area contributed by atoms with Crippen LogP contribution in [0.2, 0.25) is 0 Å². The maximum absolute atomic E-state index is 5.32. The predicted octanol–water partition coefficient (Wildman–Crippen LogP) is 1.91. The van der Waals surface area contributed by atoms with E-state index in [-0.39, 0.29) is 0 Å². The van der Waals surface area contributed by atoms with E-state index >= 15 is 0 Å². The van der Waals surface area contributed by atoms with Gasteiger partial charge in [0, 0.05) is 12.5 Å². The van der Waals surface area contributed by atoms with Crippen LogP contribution in [0.25, 0.3) is 0 Å². The number of likely N-dealkylation sites (N-methyl/N-ethyl adjacent to an activating group) is 1. The van der Waals surface area contributed by atoms with Gasteiger partial charge >= 0.3 is 0 Å². The zero-order valence-corrected chi connectivity index (χ0v) is 10.4. The average Bonchev–Trinajstić information content (AvgIpc) is 2.25. The molecule has 0 aromatic heterocycles. The zero-order chi connectivity index (χ0) is 11.7. The fourth-order valence-corrected chi connectivity index (χ4v) is 2.34. The van der Waals surface area contributed by atoms with Crippen LogP contribution in [0.3, 0.4) is 0 Å². The largest absolute Gasteiger partial charge is 0.493 e. The Hall–Kier alpha value is -1.22. The topological polar surface area (TPSA) is 21.7 Å². The molecule has 0 aliphatic heterocycles. The van der Waals surface area contributed by atoms with E-state index in [1.54, 1.807) is 14.2 Å². The normalized spacial score (nSPS) is 17.9. The second kappa shape index (κ2) is 4.34. The van der Waals surface area contributed by atoms with Crippen molar-refractivity contribution in [3.05, 3.63) is 23.3 Å². The molecule has 1 aromatic carbocycles. The number of rotatable bonds is 4. The van der Waals surface area contributed by atoms with Crippen LogP contribution in [-0.2, 0) is 6.42 Å². The molecule has 16 heavy (non-hydrogen) atoms. The van der Waals surface area contributed by atoms with Crippen molar-refractivity contribution in [2.75, 3.05) is 34.9 Å². The Morgan fingerprint density at radius 3 is 2.38 bits per heavy atom. The van der Waals surface area contributed by atoms with Crippen LogP contribution >= 0.6 is 0 Å². The summed E-state index contributed by atoms with van der Waals surface area (Å²) in [6, 6.07) is 4.21. The summed E-state index contributed by atoms with van der Waals surface area (Å²) < 4.78 is 10.6. The van der Waals surface area contributed by atoms with Crippen LogP contribution in [0.15, 0.2) is 12.1 Å². The molecule has 1 unspecified atom stereocenters. The maximum Gasteiger partial charge on any atom is 0.161 e. The molecule has 3 nitrogen and oxygen atoms in total. The van der Waals surface area contributed by atoms with Crippen molar-refractivity contribution in [1.82, 2.24) is 4.90 Å². The third-order valence-corrected chi connectivity index (χ3v) is 3.14. The lowest BCUT2D eigenvalue weighted by Gasteiger charge is -2.33. The highest BCUT2D eigenvalue weighted by atomic mass is 16.5. The van der Waals surface area contributed by atoms with Gasteiger partial charge in [-0.2, -0.15) is 0 Å². The summed E-state index contributed by atoms with van der Waals surface area (Å²) in [6.07, 6.45) is 1.15. The Bertz CT molecular complexity index is 388. The van der Waals surface area contributed by atoms with E-state index in [1.165, 1.54) is 11.1 Å². The van der Waals surface area contributed by atoms with Gasteiger partial charge in [-0.25, -0.2) is 0 Å². The fraction of sp³-hybridized carbons (Fsp3) is 0.538. The summed E-state index contributed by atoms with van der Waals surface area (Å²) in [5, 5.41) is 0. The minimum Gasteiger partial charge on any atom is -0.493 e. The monoisotopic (exact) mass is 221 g/mol. The average molecular weight is 221 g/mol. The van der Waals surface area contributed by atoms with E-state index in [2.05, 4.69) is 31.1 Å². The Morgan fingerprint density at radius 2 is 1.81 bits per heavy atom. The highest BCUT2D eigenvalue weighted by molar-refractivity contribution is 5.53. The molecule has 0 saturated carbocycles. The van der Waals surface area contributed by atoms with Crippen molar-refractivity contribution < 1.29 is 9.47 Å². The van der Waals surface area contributed by atoms with Crippen molar-refractivity contribution in [2.45, 2.75) is 12.3 Å².